The Balaban J connectivity index is 1.38. The van der Waals surface area contributed by atoms with Crippen molar-refractivity contribution in [2.24, 2.45) is 0 Å². The van der Waals surface area contributed by atoms with Gasteiger partial charge in [-0.05, 0) is 60.2 Å². The first-order valence-corrected chi connectivity index (χ1v) is 11.5. The number of benzene rings is 1. The number of hydrogen-bond acceptors (Lipinski definition) is 5. The lowest BCUT2D eigenvalue weighted by Crippen LogP contribution is -2.45. The molecule has 0 aliphatic heterocycles. The number of nitrogens with zero attached hydrogens (tertiary/aromatic N) is 4. The van der Waals surface area contributed by atoms with Gasteiger partial charge in [-0.25, -0.2) is 4.52 Å². The minimum atomic E-state index is -0.505. The van der Waals surface area contributed by atoms with Gasteiger partial charge in [0.05, 0.1) is 23.2 Å². The van der Waals surface area contributed by atoms with Crippen molar-refractivity contribution in [2.45, 2.75) is 44.2 Å². The van der Waals surface area contributed by atoms with Crippen LogP contribution in [0.1, 0.15) is 52.9 Å². The van der Waals surface area contributed by atoms with Gasteiger partial charge in [0.1, 0.15) is 11.8 Å². The molecule has 0 bridgehead atoms. The predicted molar refractivity (Wildman–Crippen MR) is 128 cm³/mol. The van der Waals surface area contributed by atoms with Crippen molar-refractivity contribution in [2.75, 3.05) is 0 Å². The molecule has 1 aliphatic rings. The number of aromatic nitrogens is 3. The van der Waals surface area contributed by atoms with E-state index in [1.807, 2.05) is 54.7 Å². The van der Waals surface area contributed by atoms with Crippen molar-refractivity contribution in [1.82, 2.24) is 19.9 Å². The summed E-state index contributed by atoms with van der Waals surface area (Å²) in [7, 11) is 0. The smallest absolute Gasteiger partial charge is 0.272 e. The Kier molecular flexibility index (Phi) is 6.07. The fourth-order valence-corrected chi connectivity index (χ4v) is 4.57. The standard InChI is InChI=1S/C27H25N5O2/c28-15-19-13-22(17-29-16-19)20-9-7-18(8-10-20)12-21-14-24(31-32-11-3-5-25(21)32)27(34)30-23-4-1-2-6-26(23)33/h3,5,7-11,13-14,16-17,23,26,33H,1-2,4,6,12H2,(H,30,34)/t23-,26-/m0/s1. The highest BCUT2D eigenvalue weighted by Gasteiger charge is 2.25. The van der Waals surface area contributed by atoms with Gasteiger partial charge in [0, 0.05) is 24.2 Å². The minimum Gasteiger partial charge on any atom is -0.391 e. The average Bonchev–Trinajstić information content (AvgIpc) is 3.35. The second kappa shape index (κ2) is 9.46. The van der Waals surface area contributed by atoms with E-state index in [9.17, 15) is 9.90 Å². The van der Waals surface area contributed by atoms with Crippen molar-refractivity contribution in [3.05, 3.63) is 89.5 Å². The molecule has 4 aromatic rings. The molecule has 0 radical (unpaired) electrons. The fraction of sp³-hybridized carbons (Fsp3) is 0.259. The molecule has 0 spiro atoms. The third kappa shape index (κ3) is 4.54. The van der Waals surface area contributed by atoms with Crippen LogP contribution in [0.5, 0.6) is 0 Å². The van der Waals surface area contributed by atoms with Crippen molar-refractivity contribution >= 4 is 11.4 Å². The molecular weight excluding hydrogens is 426 g/mol. The molecule has 0 unspecified atom stereocenters. The van der Waals surface area contributed by atoms with Gasteiger partial charge in [0.15, 0.2) is 0 Å². The first-order chi connectivity index (χ1) is 16.6. The number of rotatable bonds is 5. The first kappa shape index (κ1) is 21.8. The molecular formula is C27H25N5O2. The van der Waals surface area contributed by atoms with E-state index in [0.29, 0.717) is 24.1 Å². The number of carbonyl (C=O) groups excluding carboxylic acids is 1. The van der Waals surface area contributed by atoms with Crippen LogP contribution in [-0.2, 0) is 6.42 Å². The zero-order valence-corrected chi connectivity index (χ0v) is 18.7. The summed E-state index contributed by atoms with van der Waals surface area (Å²) in [4.78, 5) is 17.1. The highest BCUT2D eigenvalue weighted by atomic mass is 16.3. The summed E-state index contributed by atoms with van der Waals surface area (Å²) < 4.78 is 1.73. The van der Waals surface area contributed by atoms with E-state index in [1.54, 1.807) is 16.9 Å². The fourth-order valence-electron chi connectivity index (χ4n) is 4.57. The molecule has 1 amide bonds. The maximum atomic E-state index is 13.0. The molecule has 1 fully saturated rings. The number of nitrogens with one attached hydrogen (secondary N) is 1. The molecule has 1 aliphatic carbocycles. The minimum absolute atomic E-state index is 0.228. The Morgan fingerprint density at radius 2 is 1.94 bits per heavy atom. The van der Waals surface area contributed by atoms with Gasteiger partial charge < -0.3 is 10.4 Å². The lowest BCUT2D eigenvalue weighted by Gasteiger charge is -2.28. The summed E-state index contributed by atoms with van der Waals surface area (Å²) in [5.74, 6) is -0.261. The van der Waals surface area contributed by atoms with E-state index >= 15 is 0 Å². The molecule has 3 aromatic heterocycles. The third-order valence-electron chi connectivity index (χ3n) is 6.41. The lowest BCUT2D eigenvalue weighted by molar-refractivity contribution is 0.0713. The normalized spacial score (nSPS) is 17.9. The van der Waals surface area contributed by atoms with Gasteiger partial charge in [-0.3, -0.25) is 9.78 Å². The van der Waals surface area contributed by atoms with Gasteiger partial charge in [-0.2, -0.15) is 10.4 Å². The molecule has 170 valence electrons. The zero-order chi connectivity index (χ0) is 23.5. The monoisotopic (exact) mass is 451 g/mol. The van der Waals surface area contributed by atoms with Crippen LogP contribution in [0.2, 0.25) is 0 Å². The molecule has 1 aromatic carbocycles. The average molecular weight is 452 g/mol. The topological polar surface area (TPSA) is 103 Å². The van der Waals surface area contributed by atoms with Crippen LogP contribution in [0.25, 0.3) is 16.6 Å². The predicted octanol–water partition coefficient (Wildman–Crippen LogP) is 3.89. The summed E-state index contributed by atoms with van der Waals surface area (Å²) in [6.07, 6.45) is 8.76. The molecule has 1 saturated carbocycles. The maximum Gasteiger partial charge on any atom is 0.272 e. The number of aliphatic hydroxyl groups excluding tert-OH is 1. The molecule has 34 heavy (non-hydrogen) atoms. The highest BCUT2D eigenvalue weighted by molar-refractivity contribution is 5.93. The Morgan fingerprint density at radius 3 is 2.74 bits per heavy atom. The number of hydrogen-bond donors (Lipinski definition) is 2. The number of carbonyl (C=O) groups is 1. The molecule has 0 saturated heterocycles. The first-order valence-electron chi connectivity index (χ1n) is 11.5. The van der Waals surface area contributed by atoms with Crippen molar-refractivity contribution in [1.29, 1.82) is 5.26 Å². The summed E-state index contributed by atoms with van der Waals surface area (Å²) >= 11 is 0. The van der Waals surface area contributed by atoms with E-state index in [0.717, 1.165) is 47.0 Å². The second-order valence-electron chi connectivity index (χ2n) is 8.77. The van der Waals surface area contributed by atoms with Crippen LogP contribution in [0.15, 0.2) is 67.1 Å². The molecule has 7 nitrogen and oxygen atoms in total. The molecule has 2 atom stereocenters. The van der Waals surface area contributed by atoms with Crippen LogP contribution in [0.3, 0.4) is 0 Å². The SMILES string of the molecule is N#Cc1cncc(-c2ccc(Cc3cc(C(=O)N[C@H]4CCCC[C@@H]4O)nn4cccc34)cc2)c1. The number of pyridine rings is 1. The molecule has 3 heterocycles. The molecule has 2 N–H and O–H groups in total. The van der Waals surface area contributed by atoms with Crippen LogP contribution in [0.4, 0.5) is 0 Å². The zero-order valence-electron chi connectivity index (χ0n) is 18.7. The number of nitriles is 1. The van der Waals surface area contributed by atoms with E-state index in [2.05, 4.69) is 21.5 Å². The Morgan fingerprint density at radius 1 is 1.12 bits per heavy atom. The second-order valence-corrected chi connectivity index (χ2v) is 8.77. The van der Waals surface area contributed by atoms with Crippen LogP contribution in [0, 0.1) is 11.3 Å². The Hall–Kier alpha value is -4.02. The van der Waals surface area contributed by atoms with Gasteiger partial charge in [0.2, 0.25) is 0 Å². The summed E-state index contributed by atoms with van der Waals surface area (Å²) in [6.45, 7) is 0. The maximum absolute atomic E-state index is 13.0. The number of fused-ring (bicyclic) bond motifs is 1. The van der Waals surface area contributed by atoms with Gasteiger partial charge >= 0.3 is 0 Å². The van der Waals surface area contributed by atoms with E-state index in [1.165, 1.54) is 0 Å². The molecule has 5 rings (SSSR count). The van der Waals surface area contributed by atoms with E-state index in [-0.39, 0.29) is 11.9 Å². The summed E-state index contributed by atoms with van der Waals surface area (Å²) in [5.41, 5.74) is 5.79. The molecule has 7 heteroatoms. The third-order valence-corrected chi connectivity index (χ3v) is 6.41. The van der Waals surface area contributed by atoms with Gasteiger partial charge in [-0.15, -0.1) is 0 Å². The van der Waals surface area contributed by atoms with Crippen molar-refractivity contribution < 1.29 is 9.90 Å². The summed E-state index contributed by atoms with van der Waals surface area (Å²) in [5, 5.41) is 26.8. The number of aliphatic hydroxyl groups is 1. The van der Waals surface area contributed by atoms with E-state index < -0.39 is 6.10 Å². The highest BCUT2D eigenvalue weighted by Crippen LogP contribution is 2.23. The summed E-state index contributed by atoms with van der Waals surface area (Å²) in [6, 6.07) is 17.6. The van der Waals surface area contributed by atoms with Crippen molar-refractivity contribution in [3.63, 3.8) is 0 Å². The van der Waals surface area contributed by atoms with E-state index in [4.69, 9.17) is 5.26 Å². The quantitative estimate of drug-likeness (QED) is 0.479. The van der Waals surface area contributed by atoms with Gasteiger partial charge in [-0.1, -0.05) is 37.1 Å². The Labute approximate surface area is 197 Å². The van der Waals surface area contributed by atoms with Crippen LogP contribution < -0.4 is 5.32 Å². The largest absolute Gasteiger partial charge is 0.391 e. The van der Waals surface area contributed by atoms with Gasteiger partial charge in [0.25, 0.3) is 5.91 Å². The van der Waals surface area contributed by atoms with Crippen LogP contribution >= 0.6 is 0 Å². The Bertz CT molecular complexity index is 1370. The van der Waals surface area contributed by atoms with Crippen molar-refractivity contribution in [3.8, 4) is 17.2 Å². The van der Waals surface area contributed by atoms with Crippen LogP contribution in [-0.4, -0.2) is 37.8 Å². The lowest BCUT2D eigenvalue weighted by atomic mass is 9.92. The number of amides is 1.